The van der Waals surface area contributed by atoms with E-state index in [2.05, 4.69) is 23.1 Å². The van der Waals surface area contributed by atoms with Gasteiger partial charge in [0.05, 0.1) is 23.1 Å². The van der Waals surface area contributed by atoms with Crippen LogP contribution in [-0.4, -0.2) is 54.2 Å². The third-order valence-electron chi connectivity index (χ3n) is 6.99. The van der Waals surface area contributed by atoms with Crippen LogP contribution in [0.2, 0.25) is 0 Å². The monoisotopic (exact) mass is 515 g/mol. The van der Waals surface area contributed by atoms with Crippen molar-refractivity contribution in [3.63, 3.8) is 0 Å². The van der Waals surface area contributed by atoms with Gasteiger partial charge in [-0.05, 0) is 12.1 Å². The van der Waals surface area contributed by atoms with Gasteiger partial charge in [-0.2, -0.15) is 5.10 Å². The van der Waals surface area contributed by atoms with E-state index >= 15 is 0 Å². The zero-order valence-corrected chi connectivity index (χ0v) is 22.9. The molecule has 0 saturated heterocycles. The summed E-state index contributed by atoms with van der Waals surface area (Å²) in [7, 11) is 7.19. The first-order valence-electron chi connectivity index (χ1n) is 13.3. The molecule has 2 aromatic carbocycles. The van der Waals surface area contributed by atoms with Crippen LogP contribution in [0, 0.1) is 11.7 Å². The second kappa shape index (κ2) is 13.5. The minimum absolute atomic E-state index is 0.0713. The zero-order valence-electron chi connectivity index (χ0n) is 22.9. The Morgan fingerprint density at radius 2 is 1.92 bits per heavy atom. The van der Waals surface area contributed by atoms with Gasteiger partial charge >= 0.3 is 117 Å². The predicted octanol–water partition coefficient (Wildman–Crippen LogP) is 4.99. The Kier molecular flexibility index (Phi) is 10.3. The third-order valence-corrected chi connectivity index (χ3v) is 6.99. The average molecular weight is 515 g/mol. The molecule has 8 heteroatoms. The van der Waals surface area contributed by atoms with Crippen molar-refractivity contribution in [2.24, 2.45) is 5.92 Å². The first-order chi connectivity index (χ1) is 18.2. The molecular weight excluding hydrogens is 477 g/mol. The molecule has 3 aromatic rings. The molecule has 0 aliphatic heterocycles. The Bertz CT molecular complexity index is 1290. The minimum atomic E-state index is -0.360. The number of amides is 1. The van der Waals surface area contributed by atoms with Crippen molar-refractivity contribution < 1.29 is 19.4 Å². The van der Waals surface area contributed by atoms with E-state index in [1.54, 1.807) is 25.4 Å². The molecule has 7 nitrogen and oxygen atoms in total. The van der Waals surface area contributed by atoms with E-state index in [1.165, 1.54) is 0 Å². The molecule has 0 spiro atoms. The number of aromatic hydroxyl groups is 1. The summed E-state index contributed by atoms with van der Waals surface area (Å²) in [5.41, 5.74) is 2.23. The molecule has 3 rings (SSSR count). The van der Waals surface area contributed by atoms with Gasteiger partial charge in [-0.1, -0.05) is 13.3 Å². The topological polar surface area (TPSA) is 93.5 Å². The first-order valence-corrected chi connectivity index (χ1v) is 13.3. The summed E-state index contributed by atoms with van der Waals surface area (Å²) >= 11 is 0. The van der Waals surface area contributed by atoms with E-state index in [9.17, 15) is 14.7 Å². The average Bonchev–Trinajstić information content (AvgIpc) is 3.32. The standard InChI is InChI=1S/C30H38BN3O4/c1-5-7-21(8-6-9-27(35)22-10-12-23(13-11-22)30(2,3)20-31)18-34-19-25-26(33-34)15-14-24(28(25)36)29(37)32-16-17-38-4/h10-15,19,21,36H,5-9,16-18H2,1-4H3,(H,32,37). The molecule has 1 heterocycles. The third kappa shape index (κ3) is 7.36. The fraction of sp³-hybridized carbons (Fsp3) is 0.467. The van der Waals surface area contributed by atoms with Gasteiger partial charge < -0.3 is 15.2 Å². The number of carbonyl (C=O) groups excluding carboxylic acids is 2. The summed E-state index contributed by atoms with van der Waals surface area (Å²) in [6.07, 6.45) is 6.02. The van der Waals surface area contributed by atoms with Gasteiger partial charge in [0.25, 0.3) is 5.91 Å². The Hall–Kier alpha value is -3.35. The number of benzene rings is 2. The summed E-state index contributed by atoms with van der Waals surface area (Å²) in [5, 5.41) is 18.6. The molecule has 1 amide bonds. The Balaban J connectivity index is 1.61. The van der Waals surface area contributed by atoms with Crippen molar-refractivity contribution in [1.29, 1.82) is 0 Å². The number of methoxy groups -OCH3 is 1. The number of nitrogens with one attached hydrogen (secondary N) is 1. The quantitative estimate of drug-likeness (QED) is 0.179. The van der Waals surface area contributed by atoms with Crippen molar-refractivity contribution in [3.8, 4) is 11.6 Å². The summed E-state index contributed by atoms with van der Waals surface area (Å²) < 4.78 is 6.79. The van der Waals surface area contributed by atoms with Crippen LogP contribution < -0.4 is 5.32 Å². The Morgan fingerprint density at radius 1 is 1.18 bits per heavy atom. The second-order valence-corrected chi connectivity index (χ2v) is 10.3. The van der Waals surface area contributed by atoms with E-state index in [0.717, 1.165) is 31.2 Å². The number of carbonyl (C=O) groups is 2. The van der Waals surface area contributed by atoms with E-state index in [-0.39, 0.29) is 28.4 Å². The first kappa shape index (κ1) is 29.2. The molecule has 200 valence electrons. The predicted molar refractivity (Wildman–Crippen MR) is 151 cm³/mol. The Labute approximate surface area is 226 Å². The van der Waals surface area contributed by atoms with Gasteiger partial charge in [0, 0.05) is 19.9 Å². The molecule has 2 N–H and O–H groups in total. The normalized spacial score (nSPS) is 12.4. The van der Waals surface area contributed by atoms with Crippen LogP contribution >= 0.6 is 0 Å². The fourth-order valence-corrected chi connectivity index (χ4v) is 4.62. The van der Waals surface area contributed by atoms with Crippen LogP contribution in [0.25, 0.3) is 10.9 Å². The summed E-state index contributed by atoms with van der Waals surface area (Å²) in [5.74, 6) is 2.85. The number of ketones is 1. The molecule has 38 heavy (non-hydrogen) atoms. The van der Waals surface area contributed by atoms with Crippen LogP contribution in [0.3, 0.4) is 0 Å². The molecular formula is C30H38BN3O4. The van der Waals surface area contributed by atoms with Gasteiger partial charge in [-0.25, -0.2) is 0 Å². The van der Waals surface area contributed by atoms with Crippen molar-refractivity contribution in [2.45, 2.75) is 64.8 Å². The van der Waals surface area contributed by atoms with Gasteiger partial charge in [-0.3, -0.25) is 9.48 Å². The number of Topliss-reactive ketones (excluding diaryl/α,β-unsaturated/α-hetero) is 1. The molecule has 0 aliphatic rings. The molecule has 0 fully saturated rings. The number of hydrogen-bond acceptors (Lipinski definition) is 5. The molecule has 0 bridgehead atoms. The zero-order chi connectivity index (χ0) is 27.7. The van der Waals surface area contributed by atoms with Crippen LogP contribution in [0.1, 0.15) is 79.2 Å². The molecule has 1 atom stereocenters. The van der Waals surface area contributed by atoms with Crippen molar-refractivity contribution in [3.05, 3.63) is 59.3 Å². The van der Waals surface area contributed by atoms with Crippen LogP contribution in [0.15, 0.2) is 42.6 Å². The number of nitrogens with zero attached hydrogens (tertiary/aromatic N) is 2. The molecule has 0 radical (unpaired) electrons. The fourth-order valence-electron chi connectivity index (χ4n) is 4.62. The van der Waals surface area contributed by atoms with Crippen molar-refractivity contribution in [1.82, 2.24) is 15.1 Å². The number of phenols is 1. The maximum absolute atomic E-state index is 12.8. The van der Waals surface area contributed by atoms with Crippen molar-refractivity contribution in [2.75, 3.05) is 20.3 Å². The van der Waals surface area contributed by atoms with E-state index < -0.39 is 0 Å². The number of ether oxygens (including phenoxy) is 1. The Morgan fingerprint density at radius 3 is 2.58 bits per heavy atom. The SMILES string of the molecule is B#CC(C)(C)c1ccc(C(=O)CCCC(CCC)Cn2cc3c(O)c(C(=O)NCCOC)ccc3n2)cc1. The number of fused-ring (bicyclic) bond motifs is 1. The summed E-state index contributed by atoms with van der Waals surface area (Å²) in [6, 6.07) is 11.0. The van der Waals surface area contributed by atoms with Crippen LogP contribution in [0.5, 0.6) is 5.75 Å². The number of hydrogen-bond donors (Lipinski definition) is 2. The molecule has 1 unspecified atom stereocenters. The van der Waals surface area contributed by atoms with Gasteiger partial charge in [-0.15, -0.1) is 0 Å². The van der Waals surface area contributed by atoms with Gasteiger partial charge in [0.2, 0.25) is 0 Å². The summed E-state index contributed by atoms with van der Waals surface area (Å²) in [4.78, 5) is 25.2. The van der Waals surface area contributed by atoms with Crippen LogP contribution in [-0.2, 0) is 16.7 Å². The van der Waals surface area contributed by atoms with E-state index in [0.29, 0.717) is 48.5 Å². The molecule has 1 aromatic heterocycles. The van der Waals surface area contributed by atoms with Gasteiger partial charge in [0.15, 0.2) is 0 Å². The van der Waals surface area contributed by atoms with Crippen molar-refractivity contribution >= 4 is 29.9 Å². The van der Waals surface area contributed by atoms with E-state index in [1.807, 2.05) is 42.8 Å². The summed E-state index contributed by atoms with van der Waals surface area (Å²) in [6.45, 7) is 7.57. The number of aromatic nitrogens is 2. The molecule has 0 aliphatic carbocycles. The molecule has 0 saturated carbocycles. The van der Waals surface area contributed by atoms with E-state index in [4.69, 9.17) is 12.1 Å². The van der Waals surface area contributed by atoms with Gasteiger partial charge in [0.1, 0.15) is 5.75 Å². The number of phenolic OH excluding ortho intramolecular Hbond substituents is 1. The second-order valence-electron chi connectivity index (χ2n) is 10.3. The number of rotatable bonds is 14. The van der Waals surface area contributed by atoms with Crippen LogP contribution in [0.4, 0.5) is 0 Å². The maximum atomic E-state index is 12.8.